The van der Waals surface area contributed by atoms with Crippen molar-refractivity contribution in [3.05, 3.63) is 36.0 Å². The van der Waals surface area contributed by atoms with Crippen LogP contribution in [-0.4, -0.2) is 34.7 Å². The molecule has 1 unspecified atom stereocenters. The molecule has 2 N–H and O–H groups in total. The van der Waals surface area contributed by atoms with Gasteiger partial charge in [-0.15, -0.1) is 0 Å². The maximum atomic E-state index is 11.5. The Labute approximate surface area is 116 Å². The van der Waals surface area contributed by atoms with Crippen molar-refractivity contribution in [2.45, 2.75) is 19.8 Å². The highest BCUT2D eigenvalue weighted by atomic mass is 16.5. The molecule has 6 heteroatoms. The lowest BCUT2D eigenvalue weighted by atomic mass is 9.72. The molecule has 0 bridgehead atoms. The van der Waals surface area contributed by atoms with Gasteiger partial charge >= 0.3 is 17.9 Å². The normalized spacial score (nSPS) is 20.9. The molecule has 0 spiro atoms. The fraction of sp³-hybridized carbons (Fsp3) is 0.357. The summed E-state index contributed by atoms with van der Waals surface area (Å²) in [6, 6.07) is 0. The lowest BCUT2D eigenvalue weighted by Gasteiger charge is -2.30. The minimum atomic E-state index is -1.57. The molecule has 1 atom stereocenters. The van der Waals surface area contributed by atoms with Gasteiger partial charge in [0.1, 0.15) is 5.41 Å². The maximum Gasteiger partial charge on any atom is 0.333 e. The van der Waals surface area contributed by atoms with Crippen LogP contribution < -0.4 is 0 Å². The lowest BCUT2D eigenvalue weighted by molar-refractivity contribution is -0.152. The van der Waals surface area contributed by atoms with E-state index in [-0.39, 0.29) is 30.6 Å². The topological polar surface area (TPSA) is 101 Å². The SMILES string of the molecule is C=C(C)C(=O)OCCC1(C(=O)O)CC=CC=C1C(=O)O. The molecule has 0 heterocycles. The maximum absolute atomic E-state index is 11.5. The smallest absolute Gasteiger partial charge is 0.333 e. The first-order valence-electron chi connectivity index (χ1n) is 5.98. The first-order valence-corrected chi connectivity index (χ1v) is 5.98. The number of aliphatic carboxylic acids is 2. The number of carbonyl (C=O) groups excluding carboxylic acids is 1. The van der Waals surface area contributed by atoms with Crippen LogP contribution in [0.1, 0.15) is 19.8 Å². The van der Waals surface area contributed by atoms with Crippen molar-refractivity contribution in [2.24, 2.45) is 5.41 Å². The molecule has 0 aromatic rings. The number of carboxylic acid groups (broad SMARTS) is 2. The van der Waals surface area contributed by atoms with Crippen molar-refractivity contribution in [2.75, 3.05) is 6.61 Å². The highest BCUT2D eigenvalue weighted by Gasteiger charge is 2.45. The third-order valence-corrected chi connectivity index (χ3v) is 3.13. The number of rotatable bonds is 6. The van der Waals surface area contributed by atoms with E-state index in [1.165, 1.54) is 19.1 Å². The van der Waals surface area contributed by atoms with E-state index in [9.17, 15) is 19.5 Å². The summed E-state index contributed by atoms with van der Waals surface area (Å²) in [5.74, 6) is -3.16. The quantitative estimate of drug-likeness (QED) is 0.565. The van der Waals surface area contributed by atoms with Crippen LogP contribution in [0.25, 0.3) is 0 Å². The number of esters is 1. The molecule has 108 valence electrons. The standard InChI is InChI=1S/C14H16O6/c1-9(2)12(17)20-8-7-14(13(18)19)6-4-3-5-10(14)11(15)16/h3-5H,1,6-8H2,2H3,(H,15,16)(H,18,19). The van der Waals surface area contributed by atoms with E-state index < -0.39 is 23.3 Å². The monoisotopic (exact) mass is 280 g/mol. The number of allylic oxidation sites excluding steroid dienone is 3. The van der Waals surface area contributed by atoms with E-state index in [0.29, 0.717) is 0 Å². The molecule has 0 radical (unpaired) electrons. The molecule has 0 aromatic carbocycles. The first-order chi connectivity index (χ1) is 9.31. The molecule has 0 saturated heterocycles. The van der Waals surface area contributed by atoms with Crippen LogP contribution >= 0.6 is 0 Å². The Morgan fingerprint density at radius 1 is 1.40 bits per heavy atom. The van der Waals surface area contributed by atoms with Crippen LogP contribution in [0.15, 0.2) is 36.0 Å². The largest absolute Gasteiger partial charge is 0.481 e. The molecule has 0 saturated carbocycles. The van der Waals surface area contributed by atoms with Crippen LogP contribution in [0.4, 0.5) is 0 Å². The van der Waals surface area contributed by atoms with Gasteiger partial charge in [-0.2, -0.15) is 0 Å². The molecule has 1 rings (SSSR count). The zero-order valence-corrected chi connectivity index (χ0v) is 11.1. The van der Waals surface area contributed by atoms with E-state index in [4.69, 9.17) is 9.84 Å². The molecular weight excluding hydrogens is 264 g/mol. The highest BCUT2D eigenvalue weighted by Crippen LogP contribution is 2.39. The van der Waals surface area contributed by atoms with Gasteiger partial charge in [-0.25, -0.2) is 9.59 Å². The number of ether oxygens (including phenoxy) is 1. The summed E-state index contributed by atoms with van der Waals surface area (Å²) < 4.78 is 4.86. The second-order valence-electron chi connectivity index (χ2n) is 4.57. The highest BCUT2D eigenvalue weighted by molar-refractivity contribution is 5.97. The number of carbonyl (C=O) groups is 3. The van der Waals surface area contributed by atoms with Gasteiger partial charge in [0.25, 0.3) is 0 Å². The minimum Gasteiger partial charge on any atom is -0.481 e. The predicted octanol–water partition coefficient (Wildman–Crippen LogP) is 1.54. The Morgan fingerprint density at radius 2 is 2.05 bits per heavy atom. The number of hydrogen-bond donors (Lipinski definition) is 2. The molecule has 0 aromatic heterocycles. The van der Waals surface area contributed by atoms with E-state index in [0.717, 1.165) is 0 Å². The third kappa shape index (κ3) is 3.14. The van der Waals surface area contributed by atoms with Crippen LogP contribution in [0, 0.1) is 5.41 Å². The van der Waals surface area contributed by atoms with Crippen LogP contribution in [0.2, 0.25) is 0 Å². The molecule has 1 aliphatic carbocycles. The zero-order chi connectivity index (χ0) is 15.3. The fourth-order valence-corrected chi connectivity index (χ4v) is 1.97. The summed E-state index contributed by atoms with van der Waals surface area (Å²) in [5, 5.41) is 18.5. The van der Waals surface area contributed by atoms with E-state index in [2.05, 4.69) is 6.58 Å². The van der Waals surface area contributed by atoms with E-state index in [1.807, 2.05) is 0 Å². The van der Waals surface area contributed by atoms with Gasteiger partial charge in [-0.1, -0.05) is 24.8 Å². The van der Waals surface area contributed by atoms with Gasteiger partial charge < -0.3 is 14.9 Å². The Hall–Kier alpha value is -2.37. The summed E-state index contributed by atoms with van der Waals surface area (Å²) in [6.45, 7) is 4.70. The summed E-state index contributed by atoms with van der Waals surface area (Å²) in [7, 11) is 0. The van der Waals surface area contributed by atoms with Gasteiger partial charge in [0.05, 0.1) is 12.2 Å². The van der Waals surface area contributed by atoms with Crippen molar-refractivity contribution in [1.82, 2.24) is 0 Å². The average molecular weight is 280 g/mol. The van der Waals surface area contributed by atoms with Crippen LogP contribution in [0.5, 0.6) is 0 Å². The average Bonchev–Trinajstić information content (AvgIpc) is 2.38. The number of carboxylic acids is 2. The molecule has 1 aliphatic rings. The lowest BCUT2D eigenvalue weighted by Crippen LogP contribution is -2.38. The number of hydrogen-bond acceptors (Lipinski definition) is 4. The molecule has 0 aliphatic heterocycles. The minimum absolute atomic E-state index is 0.0467. The Kier molecular flexibility index (Phi) is 4.85. The van der Waals surface area contributed by atoms with Gasteiger partial charge in [0.2, 0.25) is 0 Å². The Balaban J connectivity index is 2.89. The van der Waals surface area contributed by atoms with Crippen molar-refractivity contribution < 1.29 is 29.3 Å². The van der Waals surface area contributed by atoms with Crippen molar-refractivity contribution in [1.29, 1.82) is 0 Å². The summed E-state index contributed by atoms with van der Waals surface area (Å²) in [6.07, 6.45) is 4.29. The first kappa shape index (κ1) is 15.7. The van der Waals surface area contributed by atoms with E-state index in [1.54, 1.807) is 6.08 Å². The molecule has 0 fully saturated rings. The van der Waals surface area contributed by atoms with Gasteiger partial charge in [-0.3, -0.25) is 4.79 Å². The molecule has 6 nitrogen and oxygen atoms in total. The second kappa shape index (κ2) is 6.18. The van der Waals surface area contributed by atoms with Gasteiger partial charge in [0.15, 0.2) is 0 Å². The second-order valence-corrected chi connectivity index (χ2v) is 4.57. The Morgan fingerprint density at radius 3 is 2.55 bits per heavy atom. The van der Waals surface area contributed by atoms with Crippen molar-refractivity contribution >= 4 is 17.9 Å². The summed E-state index contributed by atoms with van der Waals surface area (Å²) >= 11 is 0. The van der Waals surface area contributed by atoms with Crippen LogP contribution in [0.3, 0.4) is 0 Å². The van der Waals surface area contributed by atoms with Gasteiger partial charge in [-0.05, 0) is 13.3 Å². The van der Waals surface area contributed by atoms with Crippen molar-refractivity contribution in [3.8, 4) is 0 Å². The summed E-state index contributed by atoms with van der Waals surface area (Å²) in [5.41, 5.74) is -1.58. The molecular formula is C14H16O6. The third-order valence-electron chi connectivity index (χ3n) is 3.13. The molecule has 0 amide bonds. The van der Waals surface area contributed by atoms with Crippen LogP contribution in [-0.2, 0) is 19.1 Å². The van der Waals surface area contributed by atoms with Gasteiger partial charge in [0, 0.05) is 12.0 Å². The summed E-state index contributed by atoms with van der Waals surface area (Å²) in [4.78, 5) is 34.0. The zero-order valence-electron chi connectivity index (χ0n) is 11.1. The predicted molar refractivity (Wildman–Crippen MR) is 69.9 cm³/mol. The van der Waals surface area contributed by atoms with Crippen molar-refractivity contribution in [3.63, 3.8) is 0 Å². The fourth-order valence-electron chi connectivity index (χ4n) is 1.97. The Bertz CT molecular complexity index is 514. The molecule has 20 heavy (non-hydrogen) atoms. The van der Waals surface area contributed by atoms with E-state index >= 15 is 0 Å².